The van der Waals surface area contributed by atoms with Crippen LogP contribution in [0.1, 0.15) is 71.7 Å². The van der Waals surface area contributed by atoms with Crippen molar-refractivity contribution in [3.63, 3.8) is 0 Å². The van der Waals surface area contributed by atoms with Gasteiger partial charge in [0.2, 0.25) is 0 Å². The molecule has 2 aliphatic rings. The van der Waals surface area contributed by atoms with Gasteiger partial charge in [0.05, 0.1) is 33.0 Å². The summed E-state index contributed by atoms with van der Waals surface area (Å²) in [5, 5.41) is 0.766. The molecule has 0 bridgehead atoms. The molecular weight excluding hydrogens is 598 g/mol. The lowest BCUT2D eigenvalue weighted by atomic mass is 10.1. The number of benzene rings is 2. The van der Waals surface area contributed by atoms with Gasteiger partial charge in [-0.1, -0.05) is 79.3 Å². The van der Waals surface area contributed by atoms with Crippen molar-refractivity contribution in [2.45, 2.75) is 62.3 Å². The van der Waals surface area contributed by atoms with Crippen LogP contribution in [0.5, 0.6) is 0 Å². The Morgan fingerprint density at radius 1 is 0.692 bits per heavy atom. The van der Waals surface area contributed by atoms with E-state index < -0.39 is 16.2 Å². The molecule has 0 aromatic heterocycles. The van der Waals surface area contributed by atoms with Crippen LogP contribution in [0.25, 0.3) is 12.2 Å². The SMILES string of the molecule is BrC1=Cc2ccccc2C1.C.C.CCOP(=O)(OCC)C1=Cc2ccccc2C1.CCOP(OCC)OCC. The average Bonchev–Trinajstić information content (AvgIpc) is 3.49. The van der Waals surface area contributed by atoms with E-state index >= 15 is 0 Å². The average molecular weight is 646 g/mol. The lowest BCUT2D eigenvalue weighted by Crippen LogP contribution is -1.98. The third-order valence-electron chi connectivity index (χ3n) is 5.13. The maximum Gasteiger partial charge on any atom is 0.357 e. The second-order valence-corrected chi connectivity index (χ2v) is 12.1. The first-order valence-electron chi connectivity index (χ1n) is 12.7. The van der Waals surface area contributed by atoms with Crippen LogP contribution in [0, 0.1) is 0 Å². The van der Waals surface area contributed by atoms with Gasteiger partial charge in [-0.3, -0.25) is 4.57 Å². The Kier molecular flexibility index (Phi) is 20.1. The second-order valence-electron chi connectivity index (χ2n) is 7.79. The van der Waals surface area contributed by atoms with Crippen LogP contribution in [0.4, 0.5) is 0 Å². The summed E-state index contributed by atoms with van der Waals surface area (Å²) in [4.78, 5) is 0. The van der Waals surface area contributed by atoms with Gasteiger partial charge in [-0.05, 0) is 69.0 Å². The minimum atomic E-state index is -3.09. The van der Waals surface area contributed by atoms with Crippen LogP contribution in [0.3, 0.4) is 0 Å². The molecule has 2 aromatic carbocycles. The Labute approximate surface area is 246 Å². The molecule has 39 heavy (non-hydrogen) atoms. The molecule has 0 spiro atoms. The van der Waals surface area contributed by atoms with Crippen molar-refractivity contribution < 1.29 is 27.2 Å². The van der Waals surface area contributed by atoms with E-state index in [2.05, 4.69) is 46.3 Å². The van der Waals surface area contributed by atoms with Crippen LogP contribution in [-0.2, 0) is 40.0 Å². The van der Waals surface area contributed by atoms with Gasteiger partial charge in [-0.2, -0.15) is 0 Å². The molecule has 0 amide bonds. The van der Waals surface area contributed by atoms with E-state index in [1.165, 1.54) is 21.2 Å². The molecule has 0 saturated heterocycles. The summed E-state index contributed by atoms with van der Waals surface area (Å²) in [6.45, 7) is 12.1. The summed E-state index contributed by atoms with van der Waals surface area (Å²) in [6.07, 6.45) is 5.83. The molecule has 2 aromatic rings. The number of rotatable bonds is 11. The Balaban J connectivity index is 0.000000573. The largest absolute Gasteiger partial charge is 0.357 e. The molecule has 0 N–H and O–H groups in total. The summed E-state index contributed by atoms with van der Waals surface area (Å²) in [5.74, 6) is 0. The maximum absolute atomic E-state index is 12.6. The number of allylic oxidation sites excluding steroid dienone is 2. The zero-order valence-corrected chi connectivity index (χ0v) is 25.8. The molecule has 6 nitrogen and oxygen atoms in total. The van der Waals surface area contributed by atoms with E-state index in [0.29, 0.717) is 39.5 Å². The van der Waals surface area contributed by atoms with Crippen LogP contribution < -0.4 is 0 Å². The summed E-state index contributed by atoms with van der Waals surface area (Å²) in [5.41, 5.74) is 5.08. The summed E-state index contributed by atoms with van der Waals surface area (Å²) >= 11 is 3.48. The van der Waals surface area contributed by atoms with Gasteiger partial charge < -0.3 is 22.6 Å². The molecule has 0 fully saturated rings. The standard InChI is InChI=1S/C13H17O3P.C9H7Br.C6H15O3P.2CH4/c1-3-15-17(14,16-4-2)13-9-11-7-5-6-8-12(11)10-13;10-9-5-7-3-1-2-4-8(7)6-9;1-4-7-10(8-5-2)9-6-3;;/h5-9H,3-4,10H2,1-2H3;1-5H,6H2;4-6H2,1-3H3;2*1H4. The predicted octanol–water partition coefficient (Wildman–Crippen LogP) is 10.4. The highest BCUT2D eigenvalue weighted by Crippen LogP contribution is 2.59. The van der Waals surface area contributed by atoms with E-state index in [-0.39, 0.29) is 14.9 Å². The quantitative estimate of drug-likeness (QED) is 0.227. The van der Waals surface area contributed by atoms with Crippen molar-refractivity contribution in [1.82, 2.24) is 0 Å². The fraction of sp³-hybridized carbons (Fsp3) is 0.467. The normalized spacial score (nSPS) is 12.9. The maximum atomic E-state index is 12.6. The fourth-order valence-corrected chi connectivity index (χ4v) is 6.80. The van der Waals surface area contributed by atoms with E-state index in [1.54, 1.807) is 0 Å². The predicted molar refractivity (Wildman–Crippen MR) is 171 cm³/mol. The van der Waals surface area contributed by atoms with Gasteiger partial charge in [0.1, 0.15) is 0 Å². The summed E-state index contributed by atoms with van der Waals surface area (Å²) < 4.78 is 40.0. The van der Waals surface area contributed by atoms with Gasteiger partial charge in [0, 0.05) is 22.6 Å². The molecule has 0 heterocycles. The molecule has 2 aliphatic carbocycles. The molecule has 0 unspecified atom stereocenters. The fourth-order valence-electron chi connectivity index (χ4n) is 3.65. The number of halogens is 1. The van der Waals surface area contributed by atoms with Crippen LogP contribution in [-0.4, -0.2) is 33.0 Å². The van der Waals surface area contributed by atoms with E-state index in [0.717, 1.165) is 17.3 Å². The van der Waals surface area contributed by atoms with E-state index in [9.17, 15) is 4.57 Å². The molecule has 9 heteroatoms. The molecule has 0 atom stereocenters. The molecule has 0 radical (unpaired) electrons. The van der Waals surface area contributed by atoms with Crippen molar-refractivity contribution in [2.75, 3.05) is 33.0 Å². The lowest BCUT2D eigenvalue weighted by Gasteiger charge is -2.17. The first-order chi connectivity index (χ1) is 17.9. The van der Waals surface area contributed by atoms with Gasteiger partial charge in [-0.25, -0.2) is 0 Å². The minimum Gasteiger partial charge on any atom is -0.313 e. The van der Waals surface area contributed by atoms with Crippen molar-refractivity contribution >= 4 is 44.3 Å². The second kappa shape index (κ2) is 20.7. The first-order valence-corrected chi connectivity index (χ1v) is 16.1. The zero-order valence-electron chi connectivity index (χ0n) is 22.4. The van der Waals surface area contributed by atoms with Crippen molar-refractivity contribution in [2.24, 2.45) is 0 Å². The highest BCUT2D eigenvalue weighted by Gasteiger charge is 2.32. The van der Waals surface area contributed by atoms with Crippen LogP contribution >= 0.6 is 32.1 Å². The highest BCUT2D eigenvalue weighted by atomic mass is 79.9. The summed E-state index contributed by atoms with van der Waals surface area (Å²) in [7, 11) is -4.15. The highest BCUT2D eigenvalue weighted by molar-refractivity contribution is 9.11. The third kappa shape index (κ3) is 12.5. The topological polar surface area (TPSA) is 63.2 Å². The van der Waals surface area contributed by atoms with Crippen molar-refractivity contribution in [3.8, 4) is 0 Å². The number of hydrogen-bond donors (Lipinski definition) is 0. The zero-order chi connectivity index (χ0) is 27.1. The third-order valence-corrected chi connectivity index (χ3v) is 9.23. The molecule has 0 aliphatic heterocycles. The first kappa shape index (κ1) is 37.9. The van der Waals surface area contributed by atoms with Gasteiger partial charge in [0.25, 0.3) is 0 Å². The molecule has 4 rings (SSSR count). The minimum absolute atomic E-state index is 0. The number of fused-ring (bicyclic) bond motifs is 2. The molecular formula is C30H47BrO6P2. The molecule has 220 valence electrons. The Morgan fingerprint density at radius 3 is 1.54 bits per heavy atom. The lowest BCUT2D eigenvalue weighted by molar-refractivity contribution is 0.176. The Hall–Kier alpha value is -1.14. The smallest absolute Gasteiger partial charge is 0.313 e. The van der Waals surface area contributed by atoms with Crippen LogP contribution in [0.15, 0.2) is 58.3 Å². The van der Waals surface area contributed by atoms with Gasteiger partial charge >= 0.3 is 16.2 Å². The van der Waals surface area contributed by atoms with Gasteiger partial charge in [0.15, 0.2) is 0 Å². The van der Waals surface area contributed by atoms with Crippen LogP contribution in [0.2, 0.25) is 0 Å². The summed E-state index contributed by atoms with van der Waals surface area (Å²) in [6, 6.07) is 16.5. The molecule has 0 saturated carbocycles. The Bertz CT molecular complexity index is 1050. The van der Waals surface area contributed by atoms with Gasteiger partial charge in [-0.15, -0.1) is 0 Å². The number of hydrogen-bond acceptors (Lipinski definition) is 6. The van der Waals surface area contributed by atoms with E-state index in [1.807, 2.05) is 65.0 Å². The van der Waals surface area contributed by atoms with Crippen molar-refractivity contribution in [3.05, 3.63) is 80.6 Å². The van der Waals surface area contributed by atoms with Crippen molar-refractivity contribution in [1.29, 1.82) is 0 Å². The Morgan fingerprint density at radius 2 is 1.13 bits per heavy atom. The monoisotopic (exact) mass is 644 g/mol. The van der Waals surface area contributed by atoms with E-state index in [4.69, 9.17) is 22.6 Å².